The van der Waals surface area contributed by atoms with Gasteiger partial charge in [-0.15, -0.1) is 0 Å². The largest absolute Gasteiger partial charge is 0.462 e. The van der Waals surface area contributed by atoms with Crippen LogP contribution in [0.2, 0.25) is 0 Å². The van der Waals surface area contributed by atoms with Gasteiger partial charge in [-0.05, 0) is 37.3 Å². The Hall–Kier alpha value is -1.69. The molecule has 0 amide bonds. The molecular formula is C10H11FN2O2S. The van der Waals surface area contributed by atoms with E-state index in [1.165, 1.54) is 12.1 Å². The topological polar surface area (TPSA) is 64.3 Å². The highest BCUT2D eigenvalue weighted by Crippen LogP contribution is 2.15. The van der Waals surface area contributed by atoms with Gasteiger partial charge >= 0.3 is 5.97 Å². The van der Waals surface area contributed by atoms with Crippen molar-refractivity contribution in [2.75, 3.05) is 11.9 Å². The van der Waals surface area contributed by atoms with Crippen molar-refractivity contribution in [1.82, 2.24) is 0 Å². The van der Waals surface area contributed by atoms with Gasteiger partial charge in [0.2, 0.25) is 0 Å². The molecule has 0 aliphatic carbocycles. The van der Waals surface area contributed by atoms with Crippen LogP contribution in [-0.2, 0) is 4.74 Å². The number of hydrogen-bond acceptors (Lipinski definition) is 3. The van der Waals surface area contributed by atoms with Crippen LogP contribution in [0.4, 0.5) is 10.1 Å². The average molecular weight is 242 g/mol. The molecule has 16 heavy (non-hydrogen) atoms. The summed E-state index contributed by atoms with van der Waals surface area (Å²) >= 11 is 4.63. The molecule has 1 rings (SSSR count). The van der Waals surface area contributed by atoms with Gasteiger partial charge in [-0.2, -0.15) is 0 Å². The molecule has 1 aromatic carbocycles. The Labute approximate surface area is 97.6 Å². The summed E-state index contributed by atoms with van der Waals surface area (Å²) in [5, 5.41) is 2.65. The van der Waals surface area contributed by atoms with E-state index in [0.29, 0.717) is 5.69 Å². The molecule has 0 saturated carbocycles. The number of ether oxygens (including phenoxy) is 1. The summed E-state index contributed by atoms with van der Waals surface area (Å²) in [7, 11) is 0. The van der Waals surface area contributed by atoms with E-state index in [1.807, 2.05) is 0 Å². The fraction of sp³-hybridized carbons (Fsp3) is 0.200. The first-order valence-electron chi connectivity index (χ1n) is 4.57. The van der Waals surface area contributed by atoms with Crippen LogP contribution in [0, 0.1) is 5.82 Å². The second-order valence-electron chi connectivity index (χ2n) is 2.90. The normalized spacial score (nSPS) is 9.62. The predicted octanol–water partition coefficient (Wildman–Crippen LogP) is 1.66. The molecular weight excluding hydrogens is 231 g/mol. The van der Waals surface area contributed by atoms with E-state index in [4.69, 9.17) is 10.5 Å². The summed E-state index contributed by atoms with van der Waals surface area (Å²) < 4.78 is 18.0. The molecule has 0 bridgehead atoms. The van der Waals surface area contributed by atoms with Gasteiger partial charge in [0.05, 0.1) is 12.2 Å². The molecule has 0 saturated heterocycles. The number of carbonyl (C=O) groups excluding carboxylic acids is 1. The average Bonchev–Trinajstić information content (AvgIpc) is 2.20. The van der Waals surface area contributed by atoms with Gasteiger partial charge in [0, 0.05) is 5.69 Å². The lowest BCUT2D eigenvalue weighted by Gasteiger charge is -2.07. The highest BCUT2D eigenvalue weighted by Gasteiger charge is 2.13. The molecule has 0 heterocycles. The van der Waals surface area contributed by atoms with E-state index in [0.717, 1.165) is 6.07 Å². The van der Waals surface area contributed by atoms with E-state index < -0.39 is 11.8 Å². The molecule has 0 radical (unpaired) electrons. The fourth-order valence-corrected chi connectivity index (χ4v) is 1.23. The van der Waals surface area contributed by atoms with Crippen LogP contribution in [0.1, 0.15) is 17.3 Å². The van der Waals surface area contributed by atoms with Crippen LogP contribution in [0.5, 0.6) is 0 Å². The Bertz CT molecular complexity index is 423. The third kappa shape index (κ3) is 3.16. The number of thiocarbonyl (C=S) groups is 1. The van der Waals surface area contributed by atoms with Crippen LogP contribution < -0.4 is 11.1 Å². The second kappa shape index (κ2) is 5.41. The lowest BCUT2D eigenvalue weighted by molar-refractivity contribution is 0.0521. The van der Waals surface area contributed by atoms with Gasteiger partial charge in [-0.3, -0.25) is 0 Å². The Balaban J connectivity index is 2.98. The van der Waals surface area contributed by atoms with Crippen LogP contribution in [0.25, 0.3) is 0 Å². The fourth-order valence-electron chi connectivity index (χ4n) is 1.11. The summed E-state index contributed by atoms with van der Waals surface area (Å²) in [6.45, 7) is 1.83. The van der Waals surface area contributed by atoms with Crippen LogP contribution in [0.15, 0.2) is 18.2 Å². The molecule has 0 aromatic heterocycles. The lowest BCUT2D eigenvalue weighted by Crippen LogP contribution is -2.19. The Morgan fingerprint density at radius 3 is 2.88 bits per heavy atom. The summed E-state index contributed by atoms with van der Waals surface area (Å²) in [5.41, 5.74) is 5.55. The summed E-state index contributed by atoms with van der Waals surface area (Å²) in [5.74, 6) is -1.36. The number of rotatable bonds is 3. The molecule has 0 aliphatic heterocycles. The van der Waals surface area contributed by atoms with Crippen molar-refractivity contribution in [3.63, 3.8) is 0 Å². The molecule has 0 fully saturated rings. The van der Waals surface area contributed by atoms with Crippen molar-refractivity contribution in [2.45, 2.75) is 6.92 Å². The zero-order valence-corrected chi connectivity index (χ0v) is 9.44. The number of benzene rings is 1. The van der Waals surface area contributed by atoms with Crippen molar-refractivity contribution >= 4 is 29.0 Å². The quantitative estimate of drug-likeness (QED) is 0.623. The van der Waals surface area contributed by atoms with Crippen molar-refractivity contribution in [2.24, 2.45) is 5.73 Å². The van der Waals surface area contributed by atoms with Crippen LogP contribution >= 0.6 is 12.2 Å². The molecule has 0 unspecified atom stereocenters. The molecule has 0 spiro atoms. The number of hydrogen-bond donors (Lipinski definition) is 2. The SMILES string of the molecule is CCOC(=O)c1cc(NC(N)=S)ccc1F. The molecule has 4 nitrogen and oxygen atoms in total. The number of halogens is 1. The standard InChI is InChI=1S/C10H11FN2O2S/c1-2-15-9(14)7-5-6(13-10(12)16)3-4-8(7)11/h3-5H,2H2,1H3,(H3,12,13,16). The first-order valence-corrected chi connectivity index (χ1v) is 4.98. The summed E-state index contributed by atoms with van der Waals surface area (Å²) in [4.78, 5) is 11.3. The van der Waals surface area contributed by atoms with E-state index in [2.05, 4.69) is 17.5 Å². The number of nitrogens with one attached hydrogen (secondary N) is 1. The maximum Gasteiger partial charge on any atom is 0.341 e. The monoisotopic (exact) mass is 242 g/mol. The number of anilines is 1. The Morgan fingerprint density at radius 1 is 1.62 bits per heavy atom. The van der Waals surface area contributed by atoms with Gasteiger partial charge in [-0.25, -0.2) is 9.18 Å². The molecule has 1 aromatic rings. The van der Waals surface area contributed by atoms with Gasteiger partial charge in [-0.1, -0.05) is 0 Å². The third-order valence-corrected chi connectivity index (χ3v) is 1.83. The van der Waals surface area contributed by atoms with Gasteiger partial charge < -0.3 is 15.8 Å². The van der Waals surface area contributed by atoms with Crippen molar-refractivity contribution in [1.29, 1.82) is 0 Å². The summed E-state index contributed by atoms with van der Waals surface area (Å²) in [6.07, 6.45) is 0. The number of carbonyl (C=O) groups is 1. The van der Waals surface area contributed by atoms with E-state index in [-0.39, 0.29) is 17.3 Å². The van der Waals surface area contributed by atoms with Crippen LogP contribution in [-0.4, -0.2) is 17.7 Å². The number of nitrogens with two attached hydrogens (primary N) is 1. The zero-order valence-electron chi connectivity index (χ0n) is 8.62. The third-order valence-electron chi connectivity index (χ3n) is 1.73. The Morgan fingerprint density at radius 2 is 2.31 bits per heavy atom. The second-order valence-corrected chi connectivity index (χ2v) is 3.34. The first-order chi connectivity index (χ1) is 7.54. The molecule has 0 atom stereocenters. The van der Waals surface area contributed by atoms with Crippen LogP contribution in [0.3, 0.4) is 0 Å². The predicted molar refractivity (Wildman–Crippen MR) is 62.8 cm³/mol. The molecule has 0 aliphatic rings. The maximum absolute atomic E-state index is 13.3. The highest BCUT2D eigenvalue weighted by atomic mass is 32.1. The van der Waals surface area contributed by atoms with E-state index >= 15 is 0 Å². The minimum Gasteiger partial charge on any atom is -0.462 e. The van der Waals surface area contributed by atoms with Gasteiger partial charge in [0.25, 0.3) is 0 Å². The molecule has 86 valence electrons. The van der Waals surface area contributed by atoms with Crippen molar-refractivity contribution in [3.8, 4) is 0 Å². The molecule has 6 heteroatoms. The minimum atomic E-state index is -0.716. The van der Waals surface area contributed by atoms with Crippen molar-refractivity contribution < 1.29 is 13.9 Å². The van der Waals surface area contributed by atoms with E-state index in [9.17, 15) is 9.18 Å². The number of esters is 1. The lowest BCUT2D eigenvalue weighted by atomic mass is 10.2. The van der Waals surface area contributed by atoms with E-state index in [1.54, 1.807) is 6.92 Å². The van der Waals surface area contributed by atoms with Gasteiger partial charge in [0.15, 0.2) is 5.11 Å². The summed E-state index contributed by atoms with van der Waals surface area (Å²) in [6, 6.07) is 3.87. The molecule has 3 N–H and O–H groups in total. The maximum atomic E-state index is 13.3. The minimum absolute atomic E-state index is 0.0430. The highest BCUT2D eigenvalue weighted by molar-refractivity contribution is 7.80. The van der Waals surface area contributed by atoms with Crippen molar-refractivity contribution in [3.05, 3.63) is 29.6 Å². The first kappa shape index (κ1) is 12.4. The Kier molecular flexibility index (Phi) is 4.19. The zero-order chi connectivity index (χ0) is 12.1. The smallest absolute Gasteiger partial charge is 0.341 e. The van der Waals surface area contributed by atoms with Gasteiger partial charge in [0.1, 0.15) is 5.82 Å².